The summed E-state index contributed by atoms with van der Waals surface area (Å²) >= 11 is 3.51. The molecule has 0 aliphatic carbocycles. The molecule has 1 unspecified atom stereocenters. The topological polar surface area (TPSA) is 30.5 Å². The van der Waals surface area contributed by atoms with Crippen LogP contribution in [0.15, 0.2) is 28.7 Å². The van der Waals surface area contributed by atoms with Gasteiger partial charge in [0.25, 0.3) is 0 Å². The zero-order chi connectivity index (χ0) is 13.0. The Morgan fingerprint density at radius 1 is 1.44 bits per heavy atom. The van der Waals surface area contributed by atoms with E-state index in [9.17, 15) is 0 Å². The highest BCUT2D eigenvalue weighted by atomic mass is 79.9. The molecule has 1 aromatic rings. The summed E-state index contributed by atoms with van der Waals surface area (Å²) in [5.41, 5.74) is 1.20. The molecule has 1 saturated heterocycles. The van der Waals surface area contributed by atoms with Crippen LogP contribution < -0.4 is 5.32 Å². The van der Waals surface area contributed by atoms with Crippen LogP contribution in [0.2, 0.25) is 0 Å². The van der Waals surface area contributed by atoms with Gasteiger partial charge in [0.1, 0.15) is 6.10 Å². The number of ether oxygens (including phenoxy) is 2. The molecule has 1 aliphatic rings. The van der Waals surface area contributed by atoms with Crippen molar-refractivity contribution in [3.63, 3.8) is 0 Å². The van der Waals surface area contributed by atoms with Gasteiger partial charge in [-0.3, -0.25) is 0 Å². The van der Waals surface area contributed by atoms with E-state index in [1.54, 1.807) is 0 Å². The van der Waals surface area contributed by atoms with Gasteiger partial charge in [-0.1, -0.05) is 41.9 Å². The molecule has 1 atom stereocenters. The van der Waals surface area contributed by atoms with Gasteiger partial charge in [-0.05, 0) is 17.7 Å². The fraction of sp³-hybridized carbons (Fsp3) is 0.571. The van der Waals surface area contributed by atoms with Crippen LogP contribution in [0, 0.1) is 0 Å². The van der Waals surface area contributed by atoms with Crippen molar-refractivity contribution < 1.29 is 9.47 Å². The van der Waals surface area contributed by atoms with Gasteiger partial charge >= 0.3 is 0 Å². The second-order valence-electron chi connectivity index (χ2n) is 4.90. The predicted octanol–water partition coefficient (Wildman–Crippen LogP) is 2.90. The van der Waals surface area contributed by atoms with Crippen LogP contribution in [0.4, 0.5) is 0 Å². The smallest absolute Gasteiger partial charge is 0.105 e. The summed E-state index contributed by atoms with van der Waals surface area (Å²) in [6.07, 6.45) is 0.321. The number of hydrogen-bond donors (Lipinski definition) is 1. The Labute approximate surface area is 117 Å². The van der Waals surface area contributed by atoms with Gasteiger partial charge in [-0.2, -0.15) is 0 Å². The van der Waals surface area contributed by atoms with Crippen LogP contribution in [-0.4, -0.2) is 31.9 Å². The van der Waals surface area contributed by atoms with Crippen molar-refractivity contribution in [2.24, 2.45) is 0 Å². The molecule has 0 saturated carbocycles. The molecule has 3 nitrogen and oxygen atoms in total. The van der Waals surface area contributed by atoms with Crippen molar-refractivity contribution in [1.29, 1.82) is 0 Å². The first-order valence-electron chi connectivity index (χ1n) is 6.37. The highest BCUT2D eigenvalue weighted by Gasteiger charge is 2.24. The molecule has 0 radical (unpaired) electrons. The average Bonchev–Trinajstić information content (AvgIpc) is 2.26. The van der Waals surface area contributed by atoms with Crippen molar-refractivity contribution in [1.82, 2.24) is 5.32 Å². The normalized spacial score (nSPS) is 17.8. The molecular formula is C14H20BrNO2. The molecule has 1 aliphatic heterocycles. The first kappa shape index (κ1) is 14.0. The Bertz CT molecular complexity index is 380. The Morgan fingerprint density at radius 3 is 2.78 bits per heavy atom. The van der Waals surface area contributed by atoms with Crippen LogP contribution in [0.3, 0.4) is 0 Å². The van der Waals surface area contributed by atoms with E-state index in [0.717, 1.165) is 11.0 Å². The minimum absolute atomic E-state index is 0.0822. The molecule has 0 bridgehead atoms. The summed E-state index contributed by atoms with van der Waals surface area (Å²) in [5.74, 6) is 0. The first-order chi connectivity index (χ1) is 8.65. The molecule has 1 fully saturated rings. The van der Waals surface area contributed by atoms with Crippen LogP contribution in [0.1, 0.15) is 25.5 Å². The van der Waals surface area contributed by atoms with E-state index in [4.69, 9.17) is 9.47 Å². The van der Waals surface area contributed by atoms with Gasteiger partial charge in [0.2, 0.25) is 0 Å². The van der Waals surface area contributed by atoms with Crippen molar-refractivity contribution in [2.75, 3.05) is 19.8 Å². The van der Waals surface area contributed by atoms with E-state index in [2.05, 4.69) is 47.2 Å². The highest BCUT2D eigenvalue weighted by molar-refractivity contribution is 9.10. The minimum Gasteiger partial charge on any atom is -0.376 e. The molecule has 1 N–H and O–H groups in total. The third-order valence-electron chi connectivity index (χ3n) is 2.90. The maximum atomic E-state index is 6.07. The molecule has 0 aromatic heterocycles. The number of nitrogens with one attached hydrogen (secondary N) is 1. The van der Waals surface area contributed by atoms with Gasteiger partial charge in [0.05, 0.1) is 19.3 Å². The third-order valence-corrected chi connectivity index (χ3v) is 3.39. The lowest BCUT2D eigenvalue weighted by molar-refractivity contribution is -0.155. The van der Waals surface area contributed by atoms with E-state index in [0.29, 0.717) is 19.3 Å². The Hall–Kier alpha value is -0.420. The van der Waals surface area contributed by atoms with E-state index < -0.39 is 0 Å². The van der Waals surface area contributed by atoms with Crippen molar-refractivity contribution >= 4 is 15.9 Å². The highest BCUT2D eigenvalue weighted by Crippen LogP contribution is 2.24. The molecule has 1 heterocycles. The van der Waals surface area contributed by atoms with Gasteiger partial charge in [0.15, 0.2) is 0 Å². The van der Waals surface area contributed by atoms with Gasteiger partial charge in [-0.15, -0.1) is 0 Å². The Balaban J connectivity index is 2.02. The maximum absolute atomic E-state index is 6.07. The van der Waals surface area contributed by atoms with E-state index >= 15 is 0 Å². The Morgan fingerprint density at radius 2 is 2.22 bits per heavy atom. The summed E-state index contributed by atoms with van der Waals surface area (Å²) in [4.78, 5) is 0. The standard InChI is InChI=1S/C14H20BrNO2/c1-10(2)16-7-14(18-13-8-17-9-13)11-4-3-5-12(15)6-11/h3-6,10,13-14,16H,7-9H2,1-2H3. The van der Waals surface area contributed by atoms with Crippen molar-refractivity contribution in [3.05, 3.63) is 34.3 Å². The quantitative estimate of drug-likeness (QED) is 0.876. The zero-order valence-corrected chi connectivity index (χ0v) is 12.4. The molecule has 0 spiro atoms. The lowest BCUT2D eigenvalue weighted by atomic mass is 10.1. The summed E-state index contributed by atoms with van der Waals surface area (Å²) in [7, 11) is 0. The molecule has 2 rings (SSSR count). The number of hydrogen-bond acceptors (Lipinski definition) is 3. The first-order valence-corrected chi connectivity index (χ1v) is 7.16. The Kier molecular flexibility index (Phi) is 5.18. The molecule has 100 valence electrons. The number of halogens is 1. The molecule has 4 heteroatoms. The summed E-state index contributed by atoms with van der Waals surface area (Å²) in [5, 5.41) is 3.44. The molecule has 18 heavy (non-hydrogen) atoms. The second kappa shape index (κ2) is 6.66. The number of rotatable bonds is 6. The number of benzene rings is 1. The van der Waals surface area contributed by atoms with Crippen LogP contribution >= 0.6 is 15.9 Å². The lowest BCUT2D eigenvalue weighted by Gasteiger charge is -2.31. The fourth-order valence-electron chi connectivity index (χ4n) is 1.82. The van der Waals surface area contributed by atoms with Crippen LogP contribution in [0.5, 0.6) is 0 Å². The zero-order valence-electron chi connectivity index (χ0n) is 10.9. The van der Waals surface area contributed by atoms with Gasteiger partial charge in [0, 0.05) is 17.1 Å². The average molecular weight is 314 g/mol. The monoisotopic (exact) mass is 313 g/mol. The largest absolute Gasteiger partial charge is 0.376 e. The molecule has 0 amide bonds. The fourth-order valence-corrected chi connectivity index (χ4v) is 2.24. The SMILES string of the molecule is CC(C)NCC(OC1COC1)c1cccc(Br)c1. The predicted molar refractivity (Wildman–Crippen MR) is 75.7 cm³/mol. The lowest BCUT2D eigenvalue weighted by Crippen LogP contribution is -2.39. The van der Waals surface area contributed by atoms with E-state index in [1.165, 1.54) is 5.56 Å². The molecule has 1 aromatic carbocycles. The second-order valence-corrected chi connectivity index (χ2v) is 5.82. The maximum Gasteiger partial charge on any atom is 0.105 e. The summed E-state index contributed by atoms with van der Waals surface area (Å²) < 4.78 is 12.3. The van der Waals surface area contributed by atoms with E-state index in [-0.39, 0.29) is 12.2 Å². The van der Waals surface area contributed by atoms with Gasteiger partial charge < -0.3 is 14.8 Å². The summed E-state index contributed by atoms with van der Waals surface area (Å²) in [6, 6.07) is 8.76. The molecular weight excluding hydrogens is 294 g/mol. The van der Waals surface area contributed by atoms with Gasteiger partial charge in [-0.25, -0.2) is 0 Å². The third kappa shape index (κ3) is 4.05. The minimum atomic E-state index is 0.0822. The van der Waals surface area contributed by atoms with E-state index in [1.807, 2.05) is 12.1 Å². The summed E-state index contributed by atoms with van der Waals surface area (Å²) in [6.45, 7) is 6.54. The van der Waals surface area contributed by atoms with Crippen LogP contribution in [-0.2, 0) is 9.47 Å². The van der Waals surface area contributed by atoms with Crippen LogP contribution in [0.25, 0.3) is 0 Å². The van der Waals surface area contributed by atoms with Crippen molar-refractivity contribution in [3.8, 4) is 0 Å². The van der Waals surface area contributed by atoms with Crippen molar-refractivity contribution in [2.45, 2.75) is 32.1 Å².